The fourth-order valence-corrected chi connectivity index (χ4v) is 4.49. The van der Waals surface area contributed by atoms with Gasteiger partial charge in [0, 0.05) is 23.9 Å². The van der Waals surface area contributed by atoms with E-state index in [4.69, 9.17) is 9.47 Å². The second kappa shape index (κ2) is 13.2. The van der Waals surface area contributed by atoms with Crippen LogP contribution in [0.15, 0.2) is 79.1 Å². The summed E-state index contributed by atoms with van der Waals surface area (Å²) in [6.45, 7) is 2.47. The number of benzene rings is 3. The number of hydrogen-bond donors (Lipinski definition) is 1. The van der Waals surface area contributed by atoms with E-state index in [-0.39, 0.29) is 5.75 Å². The van der Waals surface area contributed by atoms with Crippen molar-refractivity contribution in [1.82, 2.24) is 14.9 Å². The number of unbranched alkanes of at least 4 members (excludes halogenated alkanes) is 1. The van der Waals surface area contributed by atoms with Crippen LogP contribution in [0.1, 0.15) is 18.4 Å². The molecule has 0 aliphatic heterocycles. The van der Waals surface area contributed by atoms with Gasteiger partial charge in [-0.2, -0.15) is 0 Å². The Morgan fingerprint density at radius 2 is 1.63 bits per heavy atom. The number of aromatic nitrogens is 2. The van der Waals surface area contributed by atoms with Crippen LogP contribution in [-0.4, -0.2) is 62.0 Å². The third-order valence-corrected chi connectivity index (χ3v) is 6.94. The number of sulfone groups is 1. The van der Waals surface area contributed by atoms with Crippen LogP contribution in [-0.2, 0) is 16.4 Å². The van der Waals surface area contributed by atoms with E-state index in [0.717, 1.165) is 53.0 Å². The number of rotatable bonds is 14. The molecule has 4 aromatic rings. The zero-order chi connectivity index (χ0) is 26.8. The van der Waals surface area contributed by atoms with Gasteiger partial charge in [-0.25, -0.2) is 18.4 Å². The lowest BCUT2D eigenvalue weighted by molar-refractivity contribution is 0.284. The van der Waals surface area contributed by atoms with Gasteiger partial charge < -0.3 is 19.7 Å². The van der Waals surface area contributed by atoms with Crippen molar-refractivity contribution in [2.45, 2.75) is 19.4 Å². The van der Waals surface area contributed by atoms with E-state index in [0.29, 0.717) is 25.6 Å². The molecule has 0 saturated heterocycles. The van der Waals surface area contributed by atoms with Crippen LogP contribution in [0.25, 0.3) is 10.9 Å². The molecule has 0 amide bonds. The van der Waals surface area contributed by atoms with Crippen LogP contribution in [0.5, 0.6) is 11.5 Å². The number of ether oxygens (including phenoxy) is 2. The molecule has 8 nitrogen and oxygen atoms in total. The van der Waals surface area contributed by atoms with Gasteiger partial charge in [0.05, 0.1) is 17.9 Å². The highest BCUT2D eigenvalue weighted by Gasteiger charge is 2.08. The van der Waals surface area contributed by atoms with Crippen LogP contribution in [0.2, 0.25) is 0 Å². The van der Waals surface area contributed by atoms with Gasteiger partial charge in [0.25, 0.3) is 0 Å². The molecule has 3 aromatic carbocycles. The molecule has 1 aromatic heterocycles. The van der Waals surface area contributed by atoms with E-state index in [2.05, 4.69) is 15.3 Å². The van der Waals surface area contributed by atoms with Crippen molar-refractivity contribution >= 4 is 32.2 Å². The summed E-state index contributed by atoms with van der Waals surface area (Å²) < 4.78 is 34.5. The summed E-state index contributed by atoms with van der Waals surface area (Å²) in [5, 5.41) is 4.25. The molecule has 0 radical (unpaired) electrons. The Hall–Kier alpha value is -3.69. The summed E-state index contributed by atoms with van der Waals surface area (Å²) in [6.07, 6.45) is 4.61. The fourth-order valence-electron chi connectivity index (χ4n) is 3.84. The average molecular weight is 535 g/mol. The van der Waals surface area contributed by atoms with Gasteiger partial charge in [-0.05, 0) is 74.5 Å². The van der Waals surface area contributed by atoms with Crippen LogP contribution < -0.4 is 14.8 Å². The van der Waals surface area contributed by atoms with Gasteiger partial charge in [0.1, 0.15) is 40.1 Å². The van der Waals surface area contributed by atoms with Crippen LogP contribution in [0, 0.1) is 0 Å². The van der Waals surface area contributed by atoms with Crippen LogP contribution in [0.4, 0.5) is 11.5 Å². The molecule has 0 spiro atoms. The van der Waals surface area contributed by atoms with E-state index in [1.54, 1.807) is 6.33 Å². The quantitative estimate of drug-likeness (QED) is 0.224. The Bertz CT molecular complexity index is 1410. The van der Waals surface area contributed by atoms with E-state index >= 15 is 0 Å². The summed E-state index contributed by atoms with van der Waals surface area (Å²) in [5.41, 5.74) is 2.84. The Labute approximate surface area is 224 Å². The Kier molecular flexibility index (Phi) is 9.51. The van der Waals surface area contributed by atoms with Crippen molar-refractivity contribution in [3.63, 3.8) is 0 Å². The highest BCUT2D eigenvalue weighted by atomic mass is 32.2. The fraction of sp³-hybridized carbons (Fsp3) is 0.310. The lowest BCUT2D eigenvalue weighted by Crippen LogP contribution is -2.26. The summed E-state index contributed by atoms with van der Waals surface area (Å²) in [5.74, 6) is 2.43. The SMILES string of the molecule is CN(CCCCOc1ccc2ncnc(Nc3ccc(OCc4ccccc4)cc3)c2c1)CCS(C)(=O)=O. The largest absolute Gasteiger partial charge is 0.494 e. The van der Waals surface area contributed by atoms with Gasteiger partial charge in [0.2, 0.25) is 0 Å². The highest BCUT2D eigenvalue weighted by molar-refractivity contribution is 7.90. The first-order chi connectivity index (χ1) is 18.4. The normalized spacial score (nSPS) is 11.6. The molecular formula is C29H34N4O4S. The van der Waals surface area contributed by atoms with Crippen molar-refractivity contribution in [2.75, 3.05) is 44.1 Å². The van der Waals surface area contributed by atoms with Crippen LogP contribution >= 0.6 is 0 Å². The molecule has 1 N–H and O–H groups in total. The maximum Gasteiger partial charge on any atom is 0.148 e. The van der Waals surface area contributed by atoms with Gasteiger partial charge in [-0.1, -0.05) is 30.3 Å². The summed E-state index contributed by atoms with van der Waals surface area (Å²) >= 11 is 0. The number of hydrogen-bond acceptors (Lipinski definition) is 8. The molecule has 0 bridgehead atoms. The standard InChI is InChI=1S/C29H34N4O4S/c1-33(17-19-38(2,34)35)16-6-7-18-36-26-14-15-28-27(20-26)29(31-22-30-28)32-24-10-12-25(13-11-24)37-21-23-8-4-3-5-9-23/h3-5,8-15,20,22H,6-7,16-19,21H2,1-2H3,(H,30,31,32). The molecule has 0 aliphatic rings. The molecule has 200 valence electrons. The minimum absolute atomic E-state index is 0.182. The molecule has 4 rings (SSSR count). The number of nitrogens with one attached hydrogen (secondary N) is 1. The number of anilines is 2. The lowest BCUT2D eigenvalue weighted by atomic mass is 10.2. The highest BCUT2D eigenvalue weighted by Crippen LogP contribution is 2.27. The minimum atomic E-state index is -2.93. The predicted molar refractivity (Wildman–Crippen MR) is 152 cm³/mol. The van der Waals surface area contributed by atoms with Crippen molar-refractivity contribution < 1.29 is 17.9 Å². The molecule has 0 fully saturated rings. The van der Waals surface area contributed by atoms with Crippen molar-refractivity contribution in [2.24, 2.45) is 0 Å². The average Bonchev–Trinajstić information content (AvgIpc) is 2.92. The van der Waals surface area contributed by atoms with E-state index in [9.17, 15) is 8.42 Å². The molecule has 0 saturated carbocycles. The second-order valence-electron chi connectivity index (χ2n) is 9.31. The van der Waals surface area contributed by atoms with Gasteiger partial charge >= 0.3 is 0 Å². The van der Waals surface area contributed by atoms with Crippen molar-refractivity contribution in [3.05, 3.63) is 84.7 Å². The van der Waals surface area contributed by atoms with Crippen molar-refractivity contribution in [3.8, 4) is 11.5 Å². The minimum Gasteiger partial charge on any atom is -0.494 e. The second-order valence-corrected chi connectivity index (χ2v) is 11.6. The Morgan fingerprint density at radius 3 is 2.39 bits per heavy atom. The van der Waals surface area contributed by atoms with E-state index in [1.165, 1.54) is 6.26 Å². The lowest BCUT2D eigenvalue weighted by Gasteiger charge is -2.16. The smallest absolute Gasteiger partial charge is 0.148 e. The monoisotopic (exact) mass is 534 g/mol. The Morgan fingerprint density at radius 1 is 0.868 bits per heavy atom. The summed E-state index contributed by atoms with van der Waals surface area (Å²) in [6, 6.07) is 23.6. The topological polar surface area (TPSA) is 93.7 Å². The maximum absolute atomic E-state index is 11.3. The molecule has 0 aliphatic carbocycles. The predicted octanol–water partition coefficient (Wildman–Crippen LogP) is 5.09. The number of fused-ring (bicyclic) bond motifs is 1. The number of nitrogens with zero attached hydrogens (tertiary/aromatic N) is 3. The maximum atomic E-state index is 11.3. The van der Waals surface area contributed by atoms with E-state index in [1.807, 2.05) is 84.7 Å². The molecule has 1 heterocycles. The zero-order valence-corrected chi connectivity index (χ0v) is 22.7. The van der Waals surface area contributed by atoms with Crippen molar-refractivity contribution in [1.29, 1.82) is 0 Å². The Balaban J connectivity index is 1.29. The third kappa shape index (κ3) is 8.71. The van der Waals surface area contributed by atoms with Gasteiger partial charge in [-0.3, -0.25) is 0 Å². The molecular weight excluding hydrogens is 500 g/mol. The zero-order valence-electron chi connectivity index (χ0n) is 21.8. The molecule has 0 unspecified atom stereocenters. The van der Waals surface area contributed by atoms with Gasteiger partial charge in [-0.15, -0.1) is 0 Å². The molecule has 0 atom stereocenters. The summed E-state index contributed by atoms with van der Waals surface area (Å²) in [4.78, 5) is 10.9. The molecule has 38 heavy (non-hydrogen) atoms. The summed E-state index contributed by atoms with van der Waals surface area (Å²) in [7, 11) is -0.994. The first kappa shape index (κ1) is 27.3. The van der Waals surface area contributed by atoms with Gasteiger partial charge in [0.15, 0.2) is 0 Å². The van der Waals surface area contributed by atoms with E-state index < -0.39 is 9.84 Å². The third-order valence-electron chi connectivity index (χ3n) is 6.02. The first-order valence-electron chi connectivity index (χ1n) is 12.6. The molecule has 9 heteroatoms. The van der Waals surface area contributed by atoms with Crippen LogP contribution in [0.3, 0.4) is 0 Å². The first-order valence-corrected chi connectivity index (χ1v) is 14.7.